The molecule has 1 aliphatic heterocycles. The van der Waals surface area contributed by atoms with E-state index in [1.54, 1.807) is 0 Å². The van der Waals surface area contributed by atoms with Gasteiger partial charge in [-0.15, -0.1) is 0 Å². The molecule has 12 heavy (non-hydrogen) atoms. The summed E-state index contributed by atoms with van der Waals surface area (Å²) in [6, 6.07) is 0. The molecule has 2 unspecified atom stereocenters. The number of carbonyl (C=O) groups is 1. The Kier molecular flexibility index (Phi) is 2.80. The van der Waals surface area contributed by atoms with Gasteiger partial charge in [-0.2, -0.15) is 0 Å². The molecule has 0 saturated carbocycles. The fourth-order valence-electron chi connectivity index (χ4n) is 0.907. The van der Waals surface area contributed by atoms with Crippen molar-refractivity contribution < 1.29 is 24.9 Å². The zero-order chi connectivity index (χ0) is 9.14. The van der Waals surface area contributed by atoms with E-state index in [4.69, 9.17) is 10.2 Å². The van der Waals surface area contributed by atoms with Crippen LogP contribution in [0.3, 0.4) is 0 Å². The van der Waals surface area contributed by atoms with Gasteiger partial charge in [-0.25, -0.2) is 4.79 Å². The highest BCUT2D eigenvalue weighted by Crippen LogP contribution is 2.13. The van der Waals surface area contributed by atoms with Crippen molar-refractivity contribution in [2.75, 3.05) is 13.2 Å². The molecule has 5 heteroatoms. The minimum Gasteiger partial charge on any atom is -0.458 e. The predicted octanol–water partition coefficient (Wildman–Crippen LogP) is -1.82. The number of ether oxygens (including phenoxy) is 1. The molecule has 0 aromatic heterocycles. The first-order chi connectivity index (χ1) is 5.65. The SMILES string of the molecule is O=C1C=C(C(O)C(O)CO)CO1. The predicted molar refractivity (Wildman–Crippen MR) is 38.1 cm³/mol. The quantitative estimate of drug-likeness (QED) is 0.439. The molecule has 1 aliphatic rings. The molecule has 0 spiro atoms. The zero-order valence-electron chi connectivity index (χ0n) is 6.30. The van der Waals surface area contributed by atoms with Crippen molar-refractivity contribution in [3.8, 4) is 0 Å². The molecule has 1 rings (SSSR count). The van der Waals surface area contributed by atoms with Gasteiger partial charge < -0.3 is 20.1 Å². The summed E-state index contributed by atoms with van der Waals surface area (Å²) in [4.78, 5) is 10.5. The van der Waals surface area contributed by atoms with Crippen molar-refractivity contribution in [3.05, 3.63) is 11.6 Å². The topological polar surface area (TPSA) is 87.0 Å². The lowest BCUT2D eigenvalue weighted by atomic mass is 10.1. The van der Waals surface area contributed by atoms with Crippen molar-refractivity contribution in [2.24, 2.45) is 0 Å². The Labute approximate surface area is 68.9 Å². The average molecular weight is 174 g/mol. The van der Waals surface area contributed by atoms with Crippen molar-refractivity contribution in [2.45, 2.75) is 12.2 Å². The number of aliphatic hydroxyl groups excluding tert-OH is 3. The van der Waals surface area contributed by atoms with Crippen LogP contribution in [0.4, 0.5) is 0 Å². The summed E-state index contributed by atoms with van der Waals surface area (Å²) < 4.78 is 4.50. The summed E-state index contributed by atoms with van der Waals surface area (Å²) in [5, 5.41) is 26.7. The summed E-state index contributed by atoms with van der Waals surface area (Å²) >= 11 is 0. The first-order valence-electron chi connectivity index (χ1n) is 3.49. The maximum absolute atomic E-state index is 10.5. The lowest BCUT2D eigenvalue weighted by Crippen LogP contribution is -2.31. The average Bonchev–Trinajstić information content (AvgIpc) is 2.49. The van der Waals surface area contributed by atoms with Crippen LogP contribution in [0.5, 0.6) is 0 Å². The van der Waals surface area contributed by atoms with Gasteiger partial charge in [0, 0.05) is 11.6 Å². The maximum atomic E-state index is 10.5. The third-order valence-electron chi connectivity index (χ3n) is 1.62. The first kappa shape index (κ1) is 9.18. The summed E-state index contributed by atoms with van der Waals surface area (Å²) in [5.74, 6) is -0.533. The molecule has 68 valence electrons. The molecule has 0 fully saturated rings. The number of hydrogen-bond donors (Lipinski definition) is 3. The highest BCUT2D eigenvalue weighted by Gasteiger charge is 2.25. The van der Waals surface area contributed by atoms with E-state index >= 15 is 0 Å². The number of esters is 1. The molecular formula is C7H10O5. The van der Waals surface area contributed by atoms with Crippen LogP contribution in [0, 0.1) is 0 Å². The fraction of sp³-hybridized carbons (Fsp3) is 0.571. The molecular weight excluding hydrogens is 164 g/mol. The van der Waals surface area contributed by atoms with Crippen molar-refractivity contribution in [3.63, 3.8) is 0 Å². The van der Waals surface area contributed by atoms with E-state index in [0.29, 0.717) is 5.57 Å². The molecule has 1 heterocycles. The van der Waals surface area contributed by atoms with E-state index in [1.165, 1.54) is 0 Å². The Balaban J connectivity index is 2.58. The van der Waals surface area contributed by atoms with Crippen molar-refractivity contribution in [1.29, 1.82) is 0 Å². The van der Waals surface area contributed by atoms with Gasteiger partial charge in [0.25, 0.3) is 0 Å². The normalized spacial score (nSPS) is 21.6. The monoisotopic (exact) mass is 174 g/mol. The molecule has 0 aromatic rings. The van der Waals surface area contributed by atoms with E-state index < -0.39 is 24.8 Å². The van der Waals surface area contributed by atoms with E-state index in [1.807, 2.05) is 0 Å². The standard InChI is InChI=1S/C7H10O5/c8-2-5(9)7(11)4-1-6(10)12-3-4/h1,5,7-9,11H,2-3H2. The summed E-state index contributed by atoms with van der Waals surface area (Å²) in [6.07, 6.45) is -1.36. The fourth-order valence-corrected chi connectivity index (χ4v) is 0.907. The van der Waals surface area contributed by atoms with Crippen LogP contribution in [0.15, 0.2) is 11.6 Å². The van der Waals surface area contributed by atoms with Gasteiger partial charge in [0.2, 0.25) is 0 Å². The van der Waals surface area contributed by atoms with Crippen LogP contribution in [-0.2, 0) is 9.53 Å². The Morgan fingerprint density at radius 2 is 2.25 bits per heavy atom. The number of cyclic esters (lactones) is 1. The van der Waals surface area contributed by atoms with Crippen LogP contribution in [0.25, 0.3) is 0 Å². The second-order valence-corrected chi connectivity index (χ2v) is 2.52. The van der Waals surface area contributed by atoms with Crippen LogP contribution >= 0.6 is 0 Å². The molecule has 3 N–H and O–H groups in total. The van der Waals surface area contributed by atoms with E-state index in [2.05, 4.69) is 4.74 Å². The van der Waals surface area contributed by atoms with Crippen molar-refractivity contribution in [1.82, 2.24) is 0 Å². The number of aliphatic hydroxyl groups is 3. The summed E-state index contributed by atoms with van der Waals surface area (Å²) in [6.45, 7) is -0.566. The molecule has 5 nitrogen and oxygen atoms in total. The molecule has 2 atom stereocenters. The van der Waals surface area contributed by atoms with Crippen LogP contribution in [0.1, 0.15) is 0 Å². The lowest BCUT2D eigenvalue weighted by Gasteiger charge is -2.14. The van der Waals surface area contributed by atoms with Gasteiger partial charge in [0.1, 0.15) is 18.8 Å². The first-order valence-corrected chi connectivity index (χ1v) is 3.49. The van der Waals surface area contributed by atoms with Gasteiger partial charge in [0.15, 0.2) is 0 Å². The lowest BCUT2D eigenvalue weighted by molar-refractivity contribution is -0.135. The number of rotatable bonds is 3. The van der Waals surface area contributed by atoms with Gasteiger partial charge in [-0.05, 0) is 0 Å². The van der Waals surface area contributed by atoms with Gasteiger partial charge in [0.05, 0.1) is 6.61 Å². The number of carbonyl (C=O) groups excluding carboxylic acids is 1. The van der Waals surface area contributed by atoms with Crippen LogP contribution < -0.4 is 0 Å². The third-order valence-corrected chi connectivity index (χ3v) is 1.62. The van der Waals surface area contributed by atoms with Gasteiger partial charge in [-0.3, -0.25) is 0 Å². The van der Waals surface area contributed by atoms with Crippen LogP contribution in [-0.4, -0.2) is 46.7 Å². The largest absolute Gasteiger partial charge is 0.458 e. The Morgan fingerprint density at radius 3 is 2.67 bits per heavy atom. The smallest absolute Gasteiger partial charge is 0.331 e. The maximum Gasteiger partial charge on any atom is 0.331 e. The third kappa shape index (κ3) is 1.82. The molecule has 0 amide bonds. The molecule has 0 bridgehead atoms. The molecule has 0 radical (unpaired) electrons. The zero-order valence-corrected chi connectivity index (χ0v) is 6.30. The Bertz CT molecular complexity index is 210. The van der Waals surface area contributed by atoms with Gasteiger partial charge in [-0.1, -0.05) is 0 Å². The second kappa shape index (κ2) is 3.66. The van der Waals surface area contributed by atoms with E-state index in [9.17, 15) is 9.90 Å². The van der Waals surface area contributed by atoms with E-state index in [0.717, 1.165) is 6.08 Å². The molecule has 0 aromatic carbocycles. The Hall–Kier alpha value is -0.910. The second-order valence-electron chi connectivity index (χ2n) is 2.52. The highest BCUT2D eigenvalue weighted by atomic mass is 16.5. The van der Waals surface area contributed by atoms with Gasteiger partial charge >= 0.3 is 5.97 Å². The summed E-state index contributed by atoms with van der Waals surface area (Å²) in [7, 11) is 0. The highest BCUT2D eigenvalue weighted by molar-refractivity contribution is 5.85. The van der Waals surface area contributed by atoms with E-state index in [-0.39, 0.29) is 6.61 Å². The molecule has 0 saturated heterocycles. The minimum atomic E-state index is -1.26. The summed E-state index contributed by atoms with van der Waals surface area (Å²) in [5.41, 5.74) is 0.293. The molecule has 0 aliphatic carbocycles. The number of hydrogen-bond acceptors (Lipinski definition) is 5. The minimum absolute atomic E-state index is 0.0168. The Morgan fingerprint density at radius 1 is 1.58 bits per heavy atom. The van der Waals surface area contributed by atoms with Crippen LogP contribution in [0.2, 0.25) is 0 Å². The van der Waals surface area contributed by atoms with Crippen molar-refractivity contribution >= 4 is 5.97 Å².